The maximum Gasteiger partial charge on any atom is 0.416 e. The van der Waals surface area contributed by atoms with Crippen LogP contribution in [0.2, 0.25) is 0 Å². The highest BCUT2D eigenvalue weighted by molar-refractivity contribution is 5.97. The Hall–Kier alpha value is -2.05. The molecular formula is C19H25F3N2O2. The lowest BCUT2D eigenvalue weighted by molar-refractivity contribution is -0.137. The SMILES string of the molecule is CCCCCN1CCCCC(NC(=O)c2cccc(C(F)(F)F)c2)C1=O. The summed E-state index contributed by atoms with van der Waals surface area (Å²) in [6, 6.07) is 3.58. The molecule has 1 unspecified atom stereocenters. The van der Waals surface area contributed by atoms with Gasteiger partial charge in [0.2, 0.25) is 5.91 Å². The zero-order chi connectivity index (χ0) is 19.2. The van der Waals surface area contributed by atoms with Crippen LogP contribution < -0.4 is 5.32 Å². The van der Waals surface area contributed by atoms with Crippen LogP contribution in [-0.2, 0) is 11.0 Å². The molecule has 0 radical (unpaired) electrons. The standard InChI is InChI=1S/C19H25F3N2O2/c1-2-3-5-11-24-12-6-4-10-16(18(24)26)23-17(25)14-8-7-9-15(13-14)19(20,21)22/h7-9,13,16H,2-6,10-12H2,1H3,(H,23,25). The number of hydrogen-bond acceptors (Lipinski definition) is 2. The molecule has 0 aliphatic carbocycles. The summed E-state index contributed by atoms with van der Waals surface area (Å²) in [5.41, 5.74) is -0.965. The Morgan fingerprint density at radius 3 is 2.73 bits per heavy atom. The fourth-order valence-electron chi connectivity index (χ4n) is 3.09. The molecule has 1 aliphatic heterocycles. The maximum absolute atomic E-state index is 12.8. The van der Waals surface area contributed by atoms with E-state index in [0.717, 1.165) is 44.2 Å². The summed E-state index contributed by atoms with van der Waals surface area (Å²) in [5, 5.41) is 2.63. The lowest BCUT2D eigenvalue weighted by atomic mass is 10.1. The number of hydrogen-bond donors (Lipinski definition) is 1. The van der Waals surface area contributed by atoms with Crippen molar-refractivity contribution in [2.75, 3.05) is 13.1 Å². The molecule has 1 saturated heterocycles. The highest BCUT2D eigenvalue weighted by Gasteiger charge is 2.32. The minimum atomic E-state index is -4.51. The monoisotopic (exact) mass is 370 g/mol. The minimum absolute atomic E-state index is 0.0885. The van der Waals surface area contributed by atoms with Crippen LogP contribution in [0.3, 0.4) is 0 Å². The second-order valence-electron chi connectivity index (χ2n) is 6.63. The van der Waals surface area contributed by atoms with E-state index in [1.54, 1.807) is 4.90 Å². The topological polar surface area (TPSA) is 49.4 Å². The van der Waals surface area contributed by atoms with E-state index >= 15 is 0 Å². The van der Waals surface area contributed by atoms with E-state index in [1.807, 2.05) is 0 Å². The summed E-state index contributed by atoms with van der Waals surface area (Å²) >= 11 is 0. The molecule has 0 aromatic heterocycles. The van der Waals surface area contributed by atoms with Crippen molar-refractivity contribution in [2.24, 2.45) is 0 Å². The predicted octanol–water partition coefficient (Wildman–Crippen LogP) is 4.01. The van der Waals surface area contributed by atoms with Gasteiger partial charge >= 0.3 is 6.18 Å². The first-order chi connectivity index (χ1) is 12.3. The van der Waals surface area contributed by atoms with Gasteiger partial charge in [0.15, 0.2) is 0 Å². The van der Waals surface area contributed by atoms with Crippen molar-refractivity contribution in [1.82, 2.24) is 10.2 Å². The van der Waals surface area contributed by atoms with Crippen molar-refractivity contribution in [2.45, 2.75) is 57.7 Å². The summed E-state index contributed by atoms with van der Waals surface area (Å²) in [7, 11) is 0. The number of benzene rings is 1. The fourth-order valence-corrected chi connectivity index (χ4v) is 3.09. The molecule has 26 heavy (non-hydrogen) atoms. The molecule has 0 spiro atoms. The van der Waals surface area contributed by atoms with Crippen LogP contribution in [0.15, 0.2) is 24.3 Å². The quantitative estimate of drug-likeness (QED) is 0.770. The molecule has 2 rings (SSSR count). The maximum atomic E-state index is 12.8. The van der Waals surface area contributed by atoms with Gasteiger partial charge in [-0.1, -0.05) is 25.8 Å². The second kappa shape index (κ2) is 9.05. The Morgan fingerprint density at radius 1 is 1.27 bits per heavy atom. The van der Waals surface area contributed by atoms with E-state index in [0.29, 0.717) is 19.5 Å². The van der Waals surface area contributed by atoms with Crippen molar-refractivity contribution in [3.05, 3.63) is 35.4 Å². The number of unbranched alkanes of at least 4 members (excludes halogenated alkanes) is 2. The van der Waals surface area contributed by atoms with Crippen molar-refractivity contribution >= 4 is 11.8 Å². The van der Waals surface area contributed by atoms with Gasteiger partial charge in [-0.2, -0.15) is 13.2 Å². The minimum Gasteiger partial charge on any atom is -0.341 e. The van der Waals surface area contributed by atoms with Crippen LogP contribution in [0.4, 0.5) is 13.2 Å². The number of carbonyl (C=O) groups is 2. The number of halogens is 3. The van der Waals surface area contributed by atoms with E-state index in [4.69, 9.17) is 0 Å². The number of carbonyl (C=O) groups excluding carboxylic acids is 2. The Morgan fingerprint density at radius 2 is 2.04 bits per heavy atom. The van der Waals surface area contributed by atoms with Crippen molar-refractivity contribution in [1.29, 1.82) is 0 Å². The first-order valence-electron chi connectivity index (χ1n) is 9.10. The molecule has 1 aromatic carbocycles. The Balaban J connectivity index is 2.05. The van der Waals surface area contributed by atoms with Crippen LogP contribution in [0.25, 0.3) is 0 Å². The van der Waals surface area contributed by atoms with Crippen LogP contribution in [-0.4, -0.2) is 35.8 Å². The van der Waals surface area contributed by atoms with Gasteiger partial charge in [0.1, 0.15) is 6.04 Å². The first-order valence-corrected chi connectivity index (χ1v) is 9.10. The van der Waals surface area contributed by atoms with Crippen molar-refractivity contribution in [3.63, 3.8) is 0 Å². The molecule has 2 amide bonds. The van der Waals surface area contributed by atoms with Crippen LogP contribution >= 0.6 is 0 Å². The number of alkyl halides is 3. The number of nitrogens with one attached hydrogen (secondary N) is 1. The third-order valence-corrected chi connectivity index (χ3v) is 4.57. The summed E-state index contributed by atoms with van der Waals surface area (Å²) in [6.45, 7) is 3.41. The average Bonchev–Trinajstić information content (AvgIpc) is 2.77. The lowest BCUT2D eigenvalue weighted by Crippen LogP contribution is -2.47. The van der Waals surface area contributed by atoms with E-state index in [9.17, 15) is 22.8 Å². The zero-order valence-corrected chi connectivity index (χ0v) is 14.9. The lowest BCUT2D eigenvalue weighted by Gasteiger charge is -2.25. The van der Waals surface area contributed by atoms with Crippen molar-refractivity contribution < 1.29 is 22.8 Å². The number of nitrogens with zero attached hydrogens (tertiary/aromatic N) is 1. The highest BCUT2D eigenvalue weighted by atomic mass is 19.4. The molecule has 4 nitrogen and oxygen atoms in total. The summed E-state index contributed by atoms with van der Waals surface area (Å²) in [5.74, 6) is -0.788. The number of likely N-dealkylation sites (tertiary alicyclic amines) is 1. The molecule has 1 aromatic rings. The summed E-state index contributed by atoms with van der Waals surface area (Å²) < 4.78 is 38.4. The molecular weight excluding hydrogens is 345 g/mol. The van der Waals surface area contributed by atoms with Gasteiger partial charge in [0, 0.05) is 18.7 Å². The zero-order valence-electron chi connectivity index (χ0n) is 14.9. The molecule has 7 heteroatoms. The van der Waals surface area contributed by atoms with Gasteiger partial charge in [-0.05, 0) is 43.9 Å². The Bertz CT molecular complexity index is 631. The second-order valence-corrected chi connectivity index (χ2v) is 6.63. The van der Waals surface area contributed by atoms with Gasteiger partial charge in [-0.25, -0.2) is 0 Å². The molecule has 1 atom stereocenters. The molecule has 144 valence electrons. The van der Waals surface area contributed by atoms with Gasteiger partial charge < -0.3 is 10.2 Å². The first kappa shape index (κ1) is 20.3. The van der Waals surface area contributed by atoms with Crippen LogP contribution in [0.5, 0.6) is 0 Å². The molecule has 1 fully saturated rings. The molecule has 0 bridgehead atoms. The van der Waals surface area contributed by atoms with Gasteiger partial charge in [-0.15, -0.1) is 0 Å². The van der Waals surface area contributed by atoms with Crippen LogP contribution in [0.1, 0.15) is 61.4 Å². The predicted molar refractivity (Wildman–Crippen MR) is 92.7 cm³/mol. The summed E-state index contributed by atoms with van der Waals surface area (Å²) in [4.78, 5) is 26.8. The molecule has 1 aliphatic rings. The normalized spacial score (nSPS) is 18.5. The highest BCUT2D eigenvalue weighted by Crippen LogP contribution is 2.29. The molecule has 0 saturated carbocycles. The van der Waals surface area contributed by atoms with E-state index in [-0.39, 0.29) is 11.5 Å². The van der Waals surface area contributed by atoms with Crippen LogP contribution in [0, 0.1) is 0 Å². The van der Waals surface area contributed by atoms with Gasteiger partial charge in [0.25, 0.3) is 5.91 Å². The smallest absolute Gasteiger partial charge is 0.341 e. The third kappa shape index (κ3) is 5.47. The van der Waals surface area contributed by atoms with Crippen molar-refractivity contribution in [3.8, 4) is 0 Å². The van der Waals surface area contributed by atoms with E-state index < -0.39 is 23.7 Å². The third-order valence-electron chi connectivity index (χ3n) is 4.57. The summed E-state index contributed by atoms with van der Waals surface area (Å²) in [6.07, 6.45) is 0.662. The number of amides is 2. The Labute approximate surface area is 151 Å². The fraction of sp³-hybridized carbons (Fsp3) is 0.579. The van der Waals surface area contributed by atoms with Gasteiger partial charge in [0.05, 0.1) is 5.56 Å². The molecule has 1 heterocycles. The van der Waals surface area contributed by atoms with E-state index in [1.165, 1.54) is 12.1 Å². The molecule has 1 N–H and O–H groups in total. The van der Waals surface area contributed by atoms with Gasteiger partial charge in [-0.3, -0.25) is 9.59 Å². The largest absolute Gasteiger partial charge is 0.416 e. The van der Waals surface area contributed by atoms with E-state index in [2.05, 4.69) is 12.2 Å². The Kier molecular flexibility index (Phi) is 7.06. The average molecular weight is 370 g/mol. The number of rotatable bonds is 6.